The van der Waals surface area contributed by atoms with E-state index in [9.17, 15) is 18.0 Å². The van der Waals surface area contributed by atoms with Crippen molar-refractivity contribution in [3.05, 3.63) is 11.8 Å². The zero-order valence-electron chi connectivity index (χ0n) is 10.8. The average molecular weight is 308 g/mol. The summed E-state index contributed by atoms with van der Waals surface area (Å²) in [5, 5.41) is 7.72. The number of anilines is 1. The molecule has 5 nitrogen and oxygen atoms in total. The van der Waals surface area contributed by atoms with E-state index in [-0.39, 0.29) is 17.8 Å². The molecule has 112 valence electrons. The molecule has 2 heterocycles. The number of nitrogens with zero attached hydrogens (tertiary/aromatic N) is 2. The molecule has 1 fully saturated rings. The van der Waals surface area contributed by atoms with Crippen LogP contribution in [0.5, 0.6) is 0 Å². The maximum atomic E-state index is 12.4. The standard InChI is InChI=1S/C11H15F3N4OS/c1-7(18-2-4-20-5-3-18)10(19)15-9-6-8(16-17-9)11(12,13)14/h6-7H,2-5H2,1H3,(H2,15,16,17,19). The van der Waals surface area contributed by atoms with E-state index in [0.29, 0.717) is 0 Å². The predicted octanol–water partition coefficient (Wildman–Crippen LogP) is 1.80. The molecule has 0 bridgehead atoms. The minimum absolute atomic E-state index is 0.111. The SMILES string of the molecule is CC(C(=O)Nc1cc(C(F)(F)F)[nH]n1)N1CCSCC1. The number of amides is 1. The van der Waals surface area contributed by atoms with Gasteiger partial charge in [0.05, 0.1) is 6.04 Å². The molecular formula is C11H15F3N4OS. The summed E-state index contributed by atoms with van der Waals surface area (Å²) in [7, 11) is 0. The summed E-state index contributed by atoms with van der Waals surface area (Å²) < 4.78 is 37.2. The van der Waals surface area contributed by atoms with E-state index in [0.717, 1.165) is 30.7 Å². The molecule has 0 saturated carbocycles. The molecule has 0 aliphatic carbocycles. The van der Waals surface area contributed by atoms with Gasteiger partial charge in [0.1, 0.15) is 5.69 Å². The summed E-state index contributed by atoms with van der Waals surface area (Å²) in [6.45, 7) is 3.34. The number of carbonyl (C=O) groups is 1. The number of rotatable bonds is 3. The van der Waals surface area contributed by atoms with Gasteiger partial charge in [-0.1, -0.05) is 0 Å². The molecule has 0 aromatic carbocycles. The number of carbonyl (C=O) groups excluding carboxylic acids is 1. The van der Waals surface area contributed by atoms with Crippen LogP contribution >= 0.6 is 11.8 Å². The van der Waals surface area contributed by atoms with Crippen molar-refractivity contribution in [3.8, 4) is 0 Å². The second-order valence-corrected chi connectivity index (χ2v) is 5.70. The third kappa shape index (κ3) is 3.66. The highest BCUT2D eigenvalue weighted by atomic mass is 32.2. The van der Waals surface area contributed by atoms with Gasteiger partial charge in [-0.3, -0.25) is 14.8 Å². The number of thioether (sulfide) groups is 1. The van der Waals surface area contributed by atoms with Crippen molar-refractivity contribution in [1.82, 2.24) is 15.1 Å². The minimum Gasteiger partial charge on any atom is -0.308 e. The summed E-state index contributed by atoms with van der Waals surface area (Å²) in [6, 6.07) is 0.401. The Kier molecular flexibility index (Phi) is 4.59. The quantitative estimate of drug-likeness (QED) is 0.894. The first kappa shape index (κ1) is 15.2. The minimum atomic E-state index is -4.49. The van der Waals surface area contributed by atoms with Crippen LogP contribution < -0.4 is 5.32 Å². The number of hydrogen-bond donors (Lipinski definition) is 2. The molecule has 1 amide bonds. The molecule has 1 unspecified atom stereocenters. The van der Waals surface area contributed by atoms with Gasteiger partial charge in [0.25, 0.3) is 0 Å². The van der Waals surface area contributed by atoms with Crippen molar-refractivity contribution in [1.29, 1.82) is 0 Å². The zero-order valence-corrected chi connectivity index (χ0v) is 11.6. The van der Waals surface area contributed by atoms with Crippen LogP contribution in [-0.4, -0.2) is 51.6 Å². The number of hydrogen-bond acceptors (Lipinski definition) is 4. The fraction of sp³-hybridized carbons (Fsp3) is 0.636. The largest absolute Gasteiger partial charge is 0.432 e. The fourth-order valence-corrected chi connectivity index (χ4v) is 2.82. The molecule has 1 saturated heterocycles. The summed E-state index contributed by atoms with van der Waals surface area (Å²) in [4.78, 5) is 14.0. The normalized spacial score (nSPS) is 18.8. The first-order valence-corrected chi connectivity index (χ1v) is 7.28. The smallest absolute Gasteiger partial charge is 0.308 e. The highest BCUT2D eigenvalue weighted by Gasteiger charge is 2.33. The molecule has 2 N–H and O–H groups in total. The first-order chi connectivity index (χ1) is 9.38. The molecular weight excluding hydrogens is 293 g/mol. The van der Waals surface area contributed by atoms with Crippen molar-refractivity contribution in [2.24, 2.45) is 0 Å². The molecule has 9 heteroatoms. The van der Waals surface area contributed by atoms with E-state index in [2.05, 4.69) is 10.4 Å². The summed E-state index contributed by atoms with van der Waals surface area (Å²) in [5.41, 5.74) is -0.977. The summed E-state index contributed by atoms with van der Waals surface area (Å²) in [5.74, 6) is 1.45. The lowest BCUT2D eigenvalue weighted by Crippen LogP contribution is -2.46. The lowest BCUT2D eigenvalue weighted by atomic mass is 10.2. The van der Waals surface area contributed by atoms with E-state index in [4.69, 9.17) is 0 Å². The van der Waals surface area contributed by atoms with Crippen molar-refractivity contribution in [2.45, 2.75) is 19.1 Å². The molecule has 1 aliphatic rings. The Hall–Kier alpha value is -1.22. The molecule has 0 spiro atoms. The highest BCUT2D eigenvalue weighted by molar-refractivity contribution is 7.99. The monoisotopic (exact) mass is 308 g/mol. The maximum Gasteiger partial charge on any atom is 0.432 e. The Morgan fingerprint density at radius 1 is 1.50 bits per heavy atom. The fourth-order valence-electron chi connectivity index (χ4n) is 1.89. The Balaban J connectivity index is 1.95. The average Bonchev–Trinajstić information content (AvgIpc) is 2.87. The van der Waals surface area contributed by atoms with Crippen LogP contribution in [0.1, 0.15) is 12.6 Å². The third-order valence-corrected chi connectivity index (χ3v) is 4.05. The molecule has 2 rings (SSSR count). The summed E-state index contributed by atoms with van der Waals surface area (Å²) in [6.07, 6.45) is -4.49. The van der Waals surface area contributed by atoms with Gasteiger partial charge in [0, 0.05) is 30.7 Å². The van der Waals surface area contributed by atoms with Crippen molar-refractivity contribution in [3.63, 3.8) is 0 Å². The number of alkyl halides is 3. The third-order valence-electron chi connectivity index (χ3n) is 3.11. The molecule has 1 atom stereocenters. The molecule has 20 heavy (non-hydrogen) atoms. The number of nitrogens with one attached hydrogen (secondary N) is 2. The lowest BCUT2D eigenvalue weighted by molar-refractivity contribution is -0.141. The topological polar surface area (TPSA) is 61.0 Å². The molecule has 1 aromatic heterocycles. The molecule has 1 aliphatic heterocycles. The number of H-pyrrole nitrogens is 1. The van der Waals surface area contributed by atoms with Crippen LogP contribution in [-0.2, 0) is 11.0 Å². The molecule has 0 radical (unpaired) electrons. The second-order valence-electron chi connectivity index (χ2n) is 4.48. The zero-order chi connectivity index (χ0) is 14.8. The van der Waals surface area contributed by atoms with E-state index in [1.807, 2.05) is 21.8 Å². The van der Waals surface area contributed by atoms with Gasteiger partial charge in [0.2, 0.25) is 5.91 Å². The van der Waals surface area contributed by atoms with Crippen molar-refractivity contribution < 1.29 is 18.0 Å². The van der Waals surface area contributed by atoms with Crippen molar-refractivity contribution >= 4 is 23.5 Å². The van der Waals surface area contributed by atoms with Gasteiger partial charge in [-0.15, -0.1) is 0 Å². The van der Waals surface area contributed by atoms with E-state index < -0.39 is 11.9 Å². The van der Waals surface area contributed by atoms with E-state index >= 15 is 0 Å². The van der Waals surface area contributed by atoms with Gasteiger partial charge in [-0.05, 0) is 6.92 Å². The Morgan fingerprint density at radius 3 is 2.70 bits per heavy atom. The Morgan fingerprint density at radius 2 is 2.15 bits per heavy atom. The predicted molar refractivity (Wildman–Crippen MR) is 70.6 cm³/mol. The van der Waals surface area contributed by atoms with Gasteiger partial charge < -0.3 is 5.32 Å². The van der Waals surface area contributed by atoms with Gasteiger partial charge in [0.15, 0.2) is 5.82 Å². The van der Waals surface area contributed by atoms with Crippen LogP contribution in [0.3, 0.4) is 0 Å². The van der Waals surface area contributed by atoms with Gasteiger partial charge >= 0.3 is 6.18 Å². The van der Waals surface area contributed by atoms with Crippen LogP contribution in [0.15, 0.2) is 6.07 Å². The number of halogens is 3. The van der Waals surface area contributed by atoms with Crippen LogP contribution in [0.25, 0.3) is 0 Å². The molecule has 1 aromatic rings. The maximum absolute atomic E-state index is 12.4. The number of aromatic nitrogens is 2. The van der Waals surface area contributed by atoms with Crippen LogP contribution in [0.2, 0.25) is 0 Å². The van der Waals surface area contributed by atoms with Gasteiger partial charge in [-0.25, -0.2) is 0 Å². The van der Waals surface area contributed by atoms with Crippen LogP contribution in [0, 0.1) is 0 Å². The van der Waals surface area contributed by atoms with Gasteiger partial charge in [-0.2, -0.15) is 30.0 Å². The van der Waals surface area contributed by atoms with E-state index in [1.165, 1.54) is 0 Å². The number of aromatic amines is 1. The summed E-state index contributed by atoms with van der Waals surface area (Å²) >= 11 is 1.82. The van der Waals surface area contributed by atoms with Crippen LogP contribution in [0.4, 0.5) is 19.0 Å². The Labute approximate surface area is 118 Å². The Bertz CT molecular complexity index is 470. The van der Waals surface area contributed by atoms with E-state index in [1.54, 1.807) is 6.92 Å². The second kappa shape index (κ2) is 6.04. The lowest BCUT2D eigenvalue weighted by Gasteiger charge is -2.30. The highest BCUT2D eigenvalue weighted by Crippen LogP contribution is 2.28. The van der Waals surface area contributed by atoms with Crippen molar-refractivity contribution in [2.75, 3.05) is 29.9 Å². The first-order valence-electron chi connectivity index (χ1n) is 6.13.